The summed E-state index contributed by atoms with van der Waals surface area (Å²) in [5, 5.41) is 3.54. The number of benzene rings is 1. The van der Waals surface area contributed by atoms with Crippen molar-refractivity contribution < 1.29 is 9.53 Å². The molecule has 1 N–H and O–H groups in total. The van der Waals surface area contributed by atoms with Gasteiger partial charge in [-0.15, -0.1) is 0 Å². The van der Waals surface area contributed by atoms with Gasteiger partial charge in [0.1, 0.15) is 0 Å². The van der Waals surface area contributed by atoms with Crippen molar-refractivity contribution in [3.8, 4) is 0 Å². The Labute approximate surface area is 128 Å². The number of nitrogens with one attached hydrogen (secondary N) is 1. The van der Waals surface area contributed by atoms with Gasteiger partial charge in [0.25, 0.3) is 0 Å². The van der Waals surface area contributed by atoms with E-state index in [1.54, 1.807) is 6.07 Å². The van der Waals surface area contributed by atoms with Crippen LogP contribution in [0.1, 0.15) is 30.1 Å². The maximum Gasteiger partial charge on any atom is 0.338 e. The second-order valence-corrected chi connectivity index (χ2v) is 6.02. The lowest BCUT2D eigenvalue weighted by Crippen LogP contribution is -2.39. The van der Waals surface area contributed by atoms with Crippen molar-refractivity contribution in [2.45, 2.75) is 25.8 Å². The van der Waals surface area contributed by atoms with Crippen LogP contribution < -0.4 is 5.32 Å². The number of ether oxygens (including phenoxy) is 1. The van der Waals surface area contributed by atoms with Gasteiger partial charge in [0.15, 0.2) is 0 Å². The van der Waals surface area contributed by atoms with Crippen molar-refractivity contribution in [3.05, 3.63) is 28.2 Å². The van der Waals surface area contributed by atoms with Crippen molar-refractivity contribution in [1.82, 2.24) is 4.90 Å². The van der Waals surface area contributed by atoms with Gasteiger partial charge in [0, 0.05) is 22.7 Å². The van der Waals surface area contributed by atoms with Crippen molar-refractivity contribution in [2.24, 2.45) is 0 Å². The van der Waals surface area contributed by atoms with Crippen molar-refractivity contribution in [2.75, 3.05) is 32.1 Å². The molecule has 1 saturated heterocycles. The summed E-state index contributed by atoms with van der Waals surface area (Å²) in [4.78, 5) is 14.0. The number of anilines is 1. The number of carbonyl (C=O) groups is 1. The molecule has 1 aliphatic rings. The molecule has 1 heterocycles. The van der Waals surface area contributed by atoms with Crippen molar-refractivity contribution >= 4 is 27.6 Å². The molecule has 1 aliphatic heterocycles. The quantitative estimate of drug-likeness (QED) is 0.855. The van der Waals surface area contributed by atoms with Gasteiger partial charge >= 0.3 is 5.97 Å². The Bertz CT molecular complexity index is 479. The minimum absolute atomic E-state index is 0.280. The van der Waals surface area contributed by atoms with Gasteiger partial charge in [0.05, 0.1) is 12.2 Å². The molecule has 0 aromatic heterocycles. The van der Waals surface area contributed by atoms with E-state index in [4.69, 9.17) is 4.74 Å². The van der Waals surface area contributed by atoms with Crippen LogP contribution in [0.25, 0.3) is 0 Å². The second kappa shape index (κ2) is 7.09. The molecular formula is C15H21BrN2O2. The third kappa shape index (κ3) is 3.96. The van der Waals surface area contributed by atoms with Crippen molar-refractivity contribution in [1.29, 1.82) is 0 Å². The standard InChI is InChI=1S/C15H21BrN2O2/c1-3-20-15(19)11-6-7-14(13(16)9-11)17-12-5-4-8-18(2)10-12/h6-7,9,12,17H,3-5,8,10H2,1-2H3. The van der Waals surface area contributed by atoms with Crippen LogP contribution in [0.2, 0.25) is 0 Å². The fourth-order valence-electron chi connectivity index (χ4n) is 2.48. The normalized spacial score (nSPS) is 19.6. The van der Waals surface area contributed by atoms with E-state index in [2.05, 4.69) is 33.2 Å². The summed E-state index contributed by atoms with van der Waals surface area (Å²) in [5.74, 6) is -0.280. The number of piperidine rings is 1. The van der Waals surface area contributed by atoms with Crippen LogP contribution in [-0.2, 0) is 4.74 Å². The Hall–Kier alpha value is -1.07. The molecule has 0 bridgehead atoms. The molecule has 1 fully saturated rings. The largest absolute Gasteiger partial charge is 0.462 e. The zero-order valence-electron chi connectivity index (χ0n) is 12.0. The van der Waals surface area contributed by atoms with Crippen molar-refractivity contribution in [3.63, 3.8) is 0 Å². The van der Waals surface area contributed by atoms with Gasteiger partial charge in [0.2, 0.25) is 0 Å². The molecule has 0 spiro atoms. The molecule has 0 aliphatic carbocycles. The predicted molar refractivity (Wildman–Crippen MR) is 84.2 cm³/mol. The number of carbonyl (C=O) groups excluding carboxylic acids is 1. The molecule has 1 aromatic carbocycles. The second-order valence-electron chi connectivity index (χ2n) is 5.16. The SMILES string of the molecule is CCOC(=O)c1ccc(NC2CCCN(C)C2)c(Br)c1. The maximum atomic E-state index is 11.7. The van der Waals surface area contributed by atoms with Gasteiger partial charge in [-0.2, -0.15) is 0 Å². The first kappa shape index (κ1) is 15.3. The van der Waals surface area contributed by atoms with Crippen LogP contribution in [0.3, 0.4) is 0 Å². The number of likely N-dealkylation sites (N-methyl/N-ethyl adjacent to an activating group) is 1. The molecule has 1 atom stereocenters. The number of halogens is 1. The average molecular weight is 341 g/mol. The zero-order valence-corrected chi connectivity index (χ0v) is 13.6. The minimum atomic E-state index is -0.280. The van der Waals surface area contributed by atoms with Gasteiger partial charge in [-0.3, -0.25) is 0 Å². The summed E-state index contributed by atoms with van der Waals surface area (Å²) in [6, 6.07) is 6.01. The van der Waals surface area contributed by atoms with Crippen LogP contribution in [-0.4, -0.2) is 43.7 Å². The Kier molecular flexibility index (Phi) is 5.43. The Balaban J connectivity index is 2.04. The fourth-order valence-corrected chi connectivity index (χ4v) is 2.97. The lowest BCUT2D eigenvalue weighted by atomic mass is 10.1. The number of nitrogens with zero attached hydrogens (tertiary/aromatic N) is 1. The van der Waals surface area contributed by atoms with Gasteiger partial charge < -0.3 is 15.0 Å². The highest BCUT2D eigenvalue weighted by Crippen LogP contribution is 2.26. The summed E-state index contributed by atoms with van der Waals surface area (Å²) in [6.07, 6.45) is 2.39. The van der Waals surface area contributed by atoms with E-state index in [-0.39, 0.29) is 5.97 Å². The molecule has 110 valence electrons. The highest BCUT2D eigenvalue weighted by atomic mass is 79.9. The van der Waals surface area contributed by atoms with Gasteiger partial charge in [-0.25, -0.2) is 4.79 Å². The average Bonchev–Trinajstić information content (AvgIpc) is 2.41. The first-order valence-electron chi connectivity index (χ1n) is 7.02. The number of likely N-dealkylation sites (tertiary alicyclic amines) is 1. The molecule has 0 radical (unpaired) electrons. The molecule has 20 heavy (non-hydrogen) atoms. The molecule has 1 unspecified atom stereocenters. The number of hydrogen-bond acceptors (Lipinski definition) is 4. The molecule has 1 aromatic rings. The summed E-state index contributed by atoms with van der Waals surface area (Å²) >= 11 is 3.52. The van der Waals surface area contributed by atoms with Gasteiger partial charge in [-0.05, 0) is 67.5 Å². The zero-order chi connectivity index (χ0) is 14.5. The molecule has 0 saturated carbocycles. The van der Waals surface area contributed by atoms with Crippen LogP contribution in [0.5, 0.6) is 0 Å². The van der Waals surface area contributed by atoms with E-state index in [0.29, 0.717) is 18.2 Å². The summed E-state index contributed by atoms with van der Waals surface area (Å²) in [5.41, 5.74) is 1.60. The first-order chi connectivity index (χ1) is 9.60. The van der Waals surface area contributed by atoms with E-state index in [1.165, 1.54) is 19.4 Å². The summed E-state index contributed by atoms with van der Waals surface area (Å²) in [7, 11) is 2.15. The van der Waals surface area contributed by atoms with E-state index in [1.807, 2.05) is 19.1 Å². The lowest BCUT2D eigenvalue weighted by molar-refractivity contribution is 0.0526. The summed E-state index contributed by atoms with van der Waals surface area (Å²) < 4.78 is 5.90. The van der Waals surface area contributed by atoms with E-state index in [9.17, 15) is 4.79 Å². The topological polar surface area (TPSA) is 41.6 Å². The number of rotatable bonds is 4. The van der Waals surface area contributed by atoms with Gasteiger partial charge in [-0.1, -0.05) is 0 Å². The van der Waals surface area contributed by atoms with E-state index < -0.39 is 0 Å². The summed E-state index contributed by atoms with van der Waals surface area (Å²) in [6.45, 7) is 4.42. The number of hydrogen-bond donors (Lipinski definition) is 1. The minimum Gasteiger partial charge on any atom is -0.462 e. The first-order valence-corrected chi connectivity index (χ1v) is 7.81. The van der Waals surface area contributed by atoms with Crippen LogP contribution in [0.4, 0.5) is 5.69 Å². The highest BCUT2D eigenvalue weighted by molar-refractivity contribution is 9.10. The van der Waals surface area contributed by atoms with Crippen LogP contribution >= 0.6 is 15.9 Å². The van der Waals surface area contributed by atoms with Crippen LogP contribution in [0, 0.1) is 0 Å². The molecule has 0 amide bonds. The lowest BCUT2D eigenvalue weighted by Gasteiger charge is -2.31. The Morgan fingerprint density at radius 3 is 3.00 bits per heavy atom. The predicted octanol–water partition coefficient (Wildman–Crippen LogP) is 3.13. The third-order valence-electron chi connectivity index (χ3n) is 3.46. The third-order valence-corrected chi connectivity index (χ3v) is 4.12. The number of esters is 1. The van der Waals surface area contributed by atoms with Crippen LogP contribution in [0.15, 0.2) is 22.7 Å². The van der Waals surface area contributed by atoms with E-state index >= 15 is 0 Å². The molecule has 4 nitrogen and oxygen atoms in total. The Morgan fingerprint density at radius 1 is 1.55 bits per heavy atom. The molecule has 2 rings (SSSR count). The Morgan fingerprint density at radius 2 is 2.35 bits per heavy atom. The highest BCUT2D eigenvalue weighted by Gasteiger charge is 2.18. The van der Waals surface area contributed by atoms with E-state index in [0.717, 1.165) is 16.7 Å². The maximum absolute atomic E-state index is 11.7. The monoisotopic (exact) mass is 340 g/mol. The molecule has 5 heteroatoms. The smallest absolute Gasteiger partial charge is 0.338 e. The fraction of sp³-hybridized carbons (Fsp3) is 0.533. The molecular weight excluding hydrogens is 320 g/mol.